The molecule has 1 aromatic carbocycles. The molecule has 0 heterocycles. The number of rotatable bonds is 4. The maximum Gasteiger partial charge on any atom is 0.123 e. The van der Waals surface area contributed by atoms with Crippen LogP contribution in [0.1, 0.15) is 30.5 Å². The van der Waals surface area contributed by atoms with Gasteiger partial charge in [-0.2, -0.15) is 0 Å². The van der Waals surface area contributed by atoms with Gasteiger partial charge in [0, 0.05) is 6.04 Å². The van der Waals surface area contributed by atoms with E-state index in [1.165, 1.54) is 17.5 Å². The predicted molar refractivity (Wildman–Crippen MR) is 66.9 cm³/mol. The van der Waals surface area contributed by atoms with Crippen LogP contribution in [0.3, 0.4) is 0 Å². The van der Waals surface area contributed by atoms with E-state index < -0.39 is 0 Å². The molecule has 1 aliphatic carbocycles. The summed E-state index contributed by atoms with van der Waals surface area (Å²) >= 11 is 0. The Morgan fingerprint density at radius 1 is 1.50 bits per heavy atom. The Kier molecular flexibility index (Phi) is 3.62. The van der Waals surface area contributed by atoms with Crippen molar-refractivity contribution in [3.05, 3.63) is 41.5 Å². The first-order chi connectivity index (χ1) is 7.86. The lowest BCUT2D eigenvalue weighted by Gasteiger charge is -2.12. The van der Waals surface area contributed by atoms with Gasteiger partial charge < -0.3 is 10.1 Å². The molecule has 1 atom stereocenters. The maximum atomic E-state index is 5.77. The topological polar surface area (TPSA) is 21.3 Å². The average Bonchev–Trinajstić information content (AvgIpc) is 2.73. The summed E-state index contributed by atoms with van der Waals surface area (Å²) in [6.07, 6.45) is 6.34. The highest BCUT2D eigenvalue weighted by atomic mass is 16.5. The molecule has 1 unspecified atom stereocenters. The van der Waals surface area contributed by atoms with Crippen LogP contribution in [-0.4, -0.2) is 13.7 Å². The molecule has 0 aromatic heterocycles. The number of hydrogen-bond donors (Lipinski definition) is 1. The summed E-state index contributed by atoms with van der Waals surface area (Å²) in [5.41, 5.74) is 2.78. The summed E-state index contributed by atoms with van der Waals surface area (Å²) < 4.78 is 5.77. The van der Waals surface area contributed by atoms with E-state index in [1.807, 2.05) is 26.1 Å². The molecular formula is C14H19NO. The zero-order valence-electron chi connectivity index (χ0n) is 9.99. The van der Waals surface area contributed by atoms with Crippen molar-refractivity contribution in [2.45, 2.75) is 25.8 Å². The molecule has 86 valence electrons. The van der Waals surface area contributed by atoms with Gasteiger partial charge in [-0.1, -0.05) is 24.3 Å². The van der Waals surface area contributed by atoms with Crippen molar-refractivity contribution in [2.75, 3.05) is 13.7 Å². The van der Waals surface area contributed by atoms with E-state index in [9.17, 15) is 0 Å². The van der Waals surface area contributed by atoms with Gasteiger partial charge in [0.05, 0.1) is 0 Å². The summed E-state index contributed by atoms with van der Waals surface area (Å²) in [5.74, 6) is 1.05. The molecule has 0 spiro atoms. The van der Waals surface area contributed by atoms with Gasteiger partial charge in [0.25, 0.3) is 0 Å². The second kappa shape index (κ2) is 5.17. The fourth-order valence-electron chi connectivity index (χ4n) is 2.29. The van der Waals surface area contributed by atoms with Crippen LogP contribution < -0.4 is 10.1 Å². The molecular weight excluding hydrogens is 198 g/mol. The summed E-state index contributed by atoms with van der Waals surface area (Å²) in [7, 11) is 2.02. The molecule has 16 heavy (non-hydrogen) atoms. The van der Waals surface area contributed by atoms with E-state index in [0.717, 1.165) is 12.2 Å². The van der Waals surface area contributed by atoms with Gasteiger partial charge >= 0.3 is 0 Å². The summed E-state index contributed by atoms with van der Waals surface area (Å²) in [5, 5.41) is 3.35. The minimum atomic E-state index is 0.500. The average molecular weight is 217 g/mol. The first-order valence-corrected chi connectivity index (χ1v) is 5.89. The second-order valence-corrected chi connectivity index (χ2v) is 4.08. The lowest BCUT2D eigenvalue weighted by atomic mass is 10.1. The van der Waals surface area contributed by atoms with Gasteiger partial charge in [0.1, 0.15) is 12.4 Å². The lowest BCUT2D eigenvalue weighted by molar-refractivity contribution is 0.359. The molecule has 1 aromatic rings. The lowest BCUT2D eigenvalue weighted by Crippen LogP contribution is -2.12. The Hall–Kier alpha value is -1.28. The zero-order chi connectivity index (χ0) is 11.4. The van der Waals surface area contributed by atoms with Gasteiger partial charge in [-0.05, 0) is 44.0 Å². The molecule has 0 bridgehead atoms. The Balaban J connectivity index is 2.18. The van der Waals surface area contributed by atoms with Gasteiger partial charge in [-0.3, -0.25) is 0 Å². The van der Waals surface area contributed by atoms with Crippen molar-refractivity contribution < 1.29 is 4.74 Å². The smallest absolute Gasteiger partial charge is 0.123 e. The molecule has 1 aliphatic rings. The second-order valence-electron chi connectivity index (χ2n) is 4.08. The fourth-order valence-corrected chi connectivity index (χ4v) is 2.29. The maximum absolute atomic E-state index is 5.77. The molecule has 2 rings (SSSR count). The van der Waals surface area contributed by atoms with Crippen molar-refractivity contribution >= 4 is 0 Å². The normalized spacial score (nSPS) is 19.0. The van der Waals surface area contributed by atoms with Gasteiger partial charge in [-0.25, -0.2) is 0 Å². The molecule has 2 heteroatoms. The first-order valence-electron chi connectivity index (χ1n) is 5.89. The highest BCUT2D eigenvalue weighted by Crippen LogP contribution is 2.36. The Morgan fingerprint density at radius 2 is 2.38 bits per heavy atom. The molecule has 0 saturated heterocycles. The van der Waals surface area contributed by atoms with Crippen LogP contribution in [0.25, 0.3) is 0 Å². The van der Waals surface area contributed by atoms with Crippen LogP contribution in [0.2, 0.25) is 0 Å². The number of fused-ring (bicyclic) bond motifs is 1. The minimum absolute atomic E-state index is 0.500. The predicted octanol–water partition coefficient (Wildman–Crippen LogP) is 2.85. The molecule has 0 amide bonds. The largest absolute Gasteiger partial charge is 0.489 e. The van der Waals surface area contributed by atoms with Crippen LogP contribution in [-0.2, 0) is 6.42 Å². The number of ether oxygens (including phenoxy) is 1. The molecule has 0 fully saturated rings. The Morgan fingerprint density at radius 3 is 3.12 bits per heavy atom. The molecule has 0 aliphatic heterocycles. The van der Waals surface area contributed by atoms with Gasteiger partial charge in [-0.15, -0.1) is 0 Å². The summed E-state index contributed by atoms with van der Waals surface area (Å²) in [6, 6.07) is 6.85. The molecule has 1 N–H and O–H groups in total. The van der Waals surface area contributed by atoms with Crippen molar-refractivity contribution in [1.82, 2.24) is 5.32 Å². The highest BCUT2D eigenvalue weighted by molar-refractivity contribution is 5.45. The molecule has 0 saturated carbocycles. The summed E-state index contributed by atoms with van der Waals surface area (Å²) in [6.45, 7) is 2.67. The van der Waals surface area contributed by atoms with Crippen LogP contribution in [0.4, 0.5) is 0 Å². The van der Waals surface area contributed by atoms with E-state index in [2.05, 4.69) is 23.5 Å². The van der Waals surface area contributed by atoms with Crippen LogP contribution in [0, 0.1) is 0 Å². The number of hydrogen-bond acceptors (Lipinski definition) is 2. The fraction of sp³-hybridized carbons (Fsp3) is 0.429. The van der Waals surface area contributed by atoms with E-state index in [-0.39, 0.29) is 0 Å². The monoisotopic (exact) mass is 217 g/mol. The van der Waals surface area contributed by atoms with Crippen LogP contribution >= 0.6 is 0 Å². The van der Waals surface area contributed by atoms with Crippen molar-refractivity contribution in [3.63, 3.8) is 0 Å². The summed E-state index contributed by atoms with van der Waals surface area (Å²) in [4.78, 5) is 0. The van der Waals surface area contributed by atoms with Crippen LogP contribution in [0.5, 0.6) is 5.75 Å². The van der Waals surface area contributed by atoms with E-state index in [1.54, 1.807) is 0 Å². The quantitative estimate of drug-likeness (QED) is 0.783. The third kappa shape index (κ3) is 2.12. The van der Waals surface area contributed by atoms with E-state index >= 15 is 0 Å². The highest BCUT2D eigenvalue weighted by Gasteiger charge is 2.23. The number of nitrogens with one attached hydrogen (secondary N) is 1. The third-order valence-corrected chi connectivity index (χ3v) is 3.15. The van der Waals surface area contributed by atoms with Gasteiger partial charge in [0.2, 0.25) is 0 Å². The van der Waals surface area contributed by atoms with E-state index in [0.29, 0.717) is 12.6 Å². The number of benzene rings is 1. The van der Waals surface area contributed by atoms with Gasteiger partial charge in [0.15, 0.2) is 0 Å². The van der Waals surface area contributed by atoms with E-state index in [4.69, 9.17) is 4.74 Å². The first kappa shape index (κ1) is 11.2. The van der Waals surface area contributed by atoms with Crippen molar-refractivity contribution in [2.24, 2.45) is 0 Å². The van der Waals surface area contributed by atoms with Crippen molar-refractivity contribution in [3.8, 4) is 5.75 Å². The third-order valence-electron chi connectivity index (χ3n) is 3.15. The Labute approximate surface area is 97.3 Å². The minimum Gasteiger partial charge on any atom is -0.489 e. The Bertz CT molecular complexity index is 384. The zero-order valence-corrected chi connectivity index (χ0v) is 9.99. The van der Waals surface area contributed by atoms with Crippen molar-refractivity contribution in [1.29, 1.82) is 0 Å². The molecule has 2 nitrogen and oxygen atoms in total. The number of allylic oxidation sites excluding steroid dienone is 1. The molecule has 0 radical (unpaired) electrons. The standard InChI is InChI=1S/C14H19NO/c1-3-4-10-16-14-7-5-6-11-12(14)8-9-13(11)15-2/h3-7,13,15H,8-10H2,1-2H3. The van der Waals surface area contributed by atoms with Crippen LogP contribution in [0.15, 0.2) is 30.4 Å². The SMILES string of the molecule is CC=CCOc1cccc2c1CCC2NC.